The number of pyridine rings is 2. The summed E-state index contributed by atoms with van der Waals surface area (Å²) in [6, 6.07) is 81.8. The Morgan fingerprint density at radius 2 is 0.701 bits per heavy atom. The fraction of sp³-hybridized carbons (Fsp3) is 0.0789. The molecule has 0 aliphatic carbocycles. The molecule has 0 saturated carbocycles. The standard InChI is InChI=1S/C49H31N5.C27H24BN3O2/c1-3-11-32(12-4-1)34-19-23-37(24-20-34)43-29-44(54-49(53-43)38-25-21-35(22-26-38)33-13-5-2-6-14-33)45-30-51-46(31-50-45)48-41-28-27-36-15-7-8-16-39(36)47(41)40-17-9-10-18-42(40)52-48;1-26(2)27(3,4)33-28(32-26)23-16-29-22(15-30-23)25-20-14-13-17-9-5-6-10-18(17)24(20)19-11-7-8-12-21(19)31-25/h1-31H;5-16H,1-4H3. The lowest BCUT2D eigenvalue weighted by molar-refractivity contribution is 0.00578. The fourth-order valence-electron chi connectivity index (χ4n) is 11.7. The van der Waals surface area contributed by atoms with Crippen LogP contribution in [0.15, 0.2) is 261 Å². The van der Waals surface area contributed by atoms with Gasteiger partial charge in [0.1, 0.15) is 17.1 Å². The number of benzene rings is 10. The summed E-state index contributed by atoms with van der Waals surface area (Å²) in [6.07, 6.45) is 7.12. The van der Waals surface area contributed by atoms with Crippen molar-refractivity contribution in [1.29, 1.82) is 0 Å². The van der Waals surface area contributed by atoms with Crippen LogP contribution in [0.25, 0.3) is 144 Å². The maximum Gasteiger partial charge on any atom is 0.516 e. The molecule has 1 aliphatic heterocycles. The first-order chi connectivity index (χ1) is 42.6. The van der Waals surface area contributed by atoms with E-state index >= 15 is 0 Å². The lowest BCUT2D eigenvalue weighted by atomic mass is 9.85. The number of fused-ring (bicyclic) bond motifs is 10. The van der Waals surface area contributed by atoms with Crippen LogP contribution in [0.5, 0.6) is 0 Å². The Kier molecular flexibility index (Phi) is 13.2. The molecule has 0 radical (unpaired) electrons. The summed E-state index contributed by atoms with van der Waals surface area (Å²) in [7, 11) is -0.540. The molecule has 10 nitrogen and oxygen atoms in total. The number of aromatic nitrogens is 8. The minimum Gasteiger partial charge on any atom is -0.398 e. The first kappa shape index (κ1) is 53.0. The summed E-state index contributed by atoms with van der Waals surface area (Å²) in [5, 5.41) is 11.5. The number of hydrogen-bond donors (Lipinski definition) is 0. The molecule has 414 valence electrons. The van der Waals surface area contributed by atoms with E-state index in [9.17, 15) is 0 Å². The zero-order chi connectivity index (χ0) is 58.6. The highest BCUT2D eigenvalue weighted by Gasteiger charge is 2.52. The topological polar surface area (TPSA) is 122 Å². The van der Waals surface area contributed by atoms with Gasteiger partial charge >= 0.3 is 7.12 Å². The molecule has 1 fully saturated rings. The van der Waals surface area contributed by atoms with Gasteiger partial charge in [0.25, 0.3) is 0 Å². The molecule has 0 atom stereocenters. The third-order valence-electron chi connectivity index (χ3n) is 17.0. The Morgan fingerprint density at radius 3 is 1.20 bits per heavy atom. The van der Waals surface area contributed by atoms with Gasteiger partial charge in [0, 0.05) is 49.6 Å². The van der Waals surface area contributed by atoms with E-state index in [4.69, 9.17) is 44.2 Å². The molecule has 87 heavy (non-hydrogen) atoms. The maximum atomic E-state index is 6.13. The minimum atomic E-state index is -0.540. The van der Waals surface area contributed by atoms with Gasteiger partial charge in [-0.05, 0) is 89.7 Å². The van der Waals surface area contributed by atoms with E-state index in [1.807, 2.05) is 70.3 Å². The molecule has 15 aromatic rings. The lowest BCUT2D eigenvalue weighted by Gasteiger charge is -2.32. The predicted molar refractivity (Wildman–Crippen MR) is 354 cm³/mol. The van der Waals surface area contributed by atoms with Gasteiger partial charge in [0.2, 0.25) is 0 Å². The summed E-state index contributed by atoms with van der Waals surface area (Å²) in [4.78, 5) is 39.6. The van der Waals surface area contributed by atoms with Crippen LogP contribution in [-0.4, -0.2) is 58.2 Å². The monoisotopic (exact) mass is 1120 g/mol. The van der Waals surface area contributed by atoms with Gasteiger partial charge in [0.05, 0.1) is 69.2 Å². The van der Waals surface area contributed by atoms with Crippen molar-refractivity contribution in [2.24, 2.45) is 0 Å². The van der Waals surface area contributed by atoms with Crippen LogP contribution in [0.1, 0.15) is 27.7 Å². The fourth-order valence-corrected chi connectivity index (χ4v) is 11.7. The van der Waals surface area contributed by atoms with E-state index in [0.717, 1.165) is 83.2 Å². The van der Waals surface area contributed by atoms with Gasteiger partial charge in [-0.25, -0.2) is 19.9 Å². The Morgan fingerprint density at radius 1 is 0.299 bits per heavy atom. The second-order valence-corrected chi connectivity index (χ2v) is 22.9. The summed E-state index contributed by atoms with van der Waals surface area (Å²) < 4.78 is 12.3. The van der Waals surface area contributed by atoms with Crippen molar-refractivity contribution >= 4 is 77.6 Å². The predicted octanol–water partition coefficient (Wildman–Crippen LogP) is 17.4. The van der Waals surface area contributed by atoms with Crippen molar-refractivity contribution in [3.8, 4) is 79.1 Å². The van der Waals surface area contributed by atoms with Crippen molar-refractivity contribution < 1.29 is 9.31 Å². The molecule has 6 heterocycles. The van der Waals surface area contributed by atoms with Gasteiger partial charge in [-0.1, -0.05) is 218 Å². The van der Waals surface area contributed by atoms with Crippen molar-refractivity contribution in [2.45, 2.75) is 38.9 Å². The highest BCUT2D eigenvalue weighted by molar-refractivity contribution is 6.61. The van der Waals surface area contributed by atoms with E-state index in [0.29, 0.717) is 28.5 Å². The van der Waals surface area contributed by atoms with Crippen LogP contribution in [0, 0.1) is 0 Å². The summed E-state index contributed by atoms with van der Waals surface area (Å²) in [5.41, 5.74) is 13.4. The second kappa shape index (κ2) is 21.7. The molecule has 10 aromatic carbocycles. The van der Waals surface area contributed by atoms with E-state index in [-0.39, 0.29) is 0 Å². The molecule has 1 saturated heterocycles. The van der Waals surface area contributed by atoms with E-state index in [1.165, 1.54) is 37.9 Å². The van der Waals surface area contributed by atoms with Crippen LogP contribution in [-0.2, 0) is 9.31 Å². The molecule has 1 aliphatic rings. The molecule has 5 aromatic heterocycles. The average molecular weight is 1120 g/mol. The van der Waals surface area contributed by atoms with Crippen LogP contribution >= 0.6 is 0 Å². The Hall–Kier alpha value is -10.7. The normalized spacial score (nSPS) is 13.6. The van der Waals surface area contributed by atoms with E-state index in [2.05, 4.69) is 205 Å². The van der Waals surface area contributed by atoms with Gasteiger partial charge in [-0.15, -0.1) is 0 Å². The smallest absolute Gasteiger partial charge is 0.398 e. The van der Waals surface area contributed by atoms with E-state index < -0.39 is 18.3 Å². The molecule has 0 spiro atoms. The largest absolute Gasteiger partial charge is 0.516 e. The Balaban J connectivity index is 0.000000165. The van der Waals surface area contributed by atoms with Crippen molar-refractivity contribution in [1.82, 2.24) is 39.9 Å². The lowest BCUT2D eigenvalue weighted by Crippen LogP contribution is -2.41. The summed E-state index contributed by atoms with van der Waals surface area (Å²) in [5.74, 6) is 0.620. The summed E-state index contributed by atoms with van der Waals surface area (Å²) >= 11 is 0. The molecular formula is C76H55BN8O2. The average Bonchev–Trinajstić information content (AvgIpc) is 1.83. The molecule has 16 rings (SSSR count). The number of hydrogen-bond acceptors (Lipinski definition) is 10. The van der Waals surface area contributed by atoms with Gasteiger partial charge in [-0.3, -0.25) is 19.9 Å². The van der Waals surface area contributed by atoms with Gasteiger partial charge in [-0.2, -0.15) is 0 Å². The van der Waals surface area contributed by atoms with Crippen LogP contribution in [0.3, 0.4) is 0 Å². The minimum absolute atomic E-state index is 0.421. The van der Waals surface area contributed by atoms with Crippen LogP contribution in [0.2, 0.25) is 0 Å². The van der Waals surface area contributed by atoms with Gasteiger partial charge < -0.3 is 9.31 Å². The third kappa shape index (κ3) is 9.88. The van der Waals surface area contributed by atoms with Crippen molar-refractivity contribution in [2.75, 3.05) is 0 Å². The first-order valence-electron chi connectivity index (χ1n) is 29.2. The molecule has 11 heteroatoms. The molecule has 0 bridgehead atoms. The molecular weight excluding hydrogens is 1070 g/mol. The number of nitrogens with zero attached hydrogens (tertiary/aromatic N) is 8. The highest BCUT2D eigenvalue weighted by atomic mass is 16.7. The molecule has 0 amide bonds. The van der Waals surface area contributed by atoms with E-state index in [1.54, 1.807) is 18.6 Å². The van der Waals surface area contributed by atoms with Crippen LogP contribution in [0.4, 0.5) is 0 Å². The Bertz CT molecular complexity index is 4940. The third-order valence-corrected chi connectivity index (χ3v) is 17.0. The van der Waals surface area contributed by atoms with Crippen molar-refractivity contribution in [3.63, 3.8) is 0 Å². The first-order valence-corrected chi connectivity index (χ1v) is 29.2. The van der Waals surface area contributed by atoms with Gasteiger partial charge in [0.15, 0.2) is 5.82 Å². The maximum absolute atomic E-state index is 6.13. The van der Waals surface area contributed by atoms with Crippen LogP contribution < -0.4 is 5.59 Å². The second-order valence-electron chi connectivity index (χ2n) is 22.9. The summed E-state index contributed by atoms with van der Waals surface area (Å²) in [6.45, 7) is 8.13. The molecule has 0 N–H and O–H groups in total. The van der Waals surface area contributed by atoms with Crippen molar-refractivity contribution in [3.05, 3.63) is 261 Å². The highest BCUT2D eigenvalue weighted by Crippen LogP contribution is 2.40. The molecule has 0 unspecified atom stereocenters. The zero-order valence-corrected chi connectivity index (χ0v) is 48.3. The Labute approximate surface area is 503 Å². The number of para-hydroxylation sites is 2. The zero-order valence-electron chi connectivity index (χ0n) is 48.3. The SMILES string of the molecule is CC1(C)OB(c2cnc(-c3nc4ccccc4c4c3ccc3ccccc34)cn2)OC1(C)C.c1ccc(-c2ccc(-c3cc(-c4cnc(-c5nc6ccccc6c6c5ccc5ccccc56)cn4)nc(-c4ccc(-c5ccccc5)cc4)n3)cc2)cc1. The quantitative estimate of drug-likeness (QED) is 0.107. The number of rotatable bonds is 8.